The van der Waals surface area contributed by atoms with E-state index in [2.05, 4.69) is 56.5 Å². The molecule has 1 aromatic carbocycles. The Hall–Kier alpha value is -2.01. The number of benzene rings is 1. The highest BCUT2D eigenvalue weighted by molar-refractivity contribution is 5.80. The Labute approximate surface area is 150 Å². The van der Waals surface area contributed by atoms with Crippen molar-refractivity contribution in [3.8, 4) is 0 Å². The largest absolute Gasteiger partial charge is 0.381 e. The van der Waals surface area contributed by atoms with Crippen molar-refractivity contribution < 1.29 is 4.74 Å². The first-order valence-electron chi connectivity index (χ1n) is 9.30. The molecule has 134 valence electrons. The van der Waals surface area contributed by atoms with Crippen LogP contribution in [-0.2, 0) is 11.3 Å². The lowest BCUT2D eigenvalue weighted by molar-refractivity contribution is 0.156. The Kier molecular flexibility index (Phi) is 4.66. The monoisotopic (exact) mass is 340 g/mol. The van der Waals surface area contributed by atoms with Crippen molar-refractivity contribution in [2.24, 2.45) is 10.4 Å². The number of likely N-dealkylation sites (tertiary alicyclic amines) is 1. The minimum Gasteiger partial charge on any atom is -0.381 e. The topological polar surface area (TPSA) is 40.1 Å². The molecular formula is C20H28N4O. The molecule has 3 heterocycles. The predicted molar refractivity (Wildman–Crippen MR) is 102 cm³/mol. The van der Waals surface area contributed by atoms with E-state index in [1.807, 2.05) is 7.05 Å². The van der Waals surface area contributed by atoms with Gasteiger partial charge in [0.25, 0.3) is 0 Å². The molecule has 1 aromatic rings. The highest BCUT2D eigenvalue weighted by atomic mass is 16.5. The molecule has 1 spiro atoms. The van der Waals surface area contributed by atoms with Crippen LogP contribution < -0.4 is 10.2 Å². The number of aliphatic imine (C=N–C) groups is 1. The third kappa shape index (κ3) is 3.52. The summed E-state index contributed by atoms with van der Waals surface area (Å²) >= 11 is 0. The molecule has 0 bridgehead atoms. The summed E-state index contributed by atoms with van der Waals surface area (Å²) < 4.78 is 5.63. The van der Waals surface area contributed by atoms with Gasteiger partial charge in [-0.05, 0) is 30.5 Å². The van der Waals surface area contributed by atoms with Gasteiger partial charge in [-0.1, -0.05) is 24.3 Å². The summed E-state index contributed by atoms with van der Waals surface area (Å²) in [6.45, 7) is 6.81. The maximum atomic E-state index is 5.63. The minimum atomic E-state index is 0.364. The Bertz CT molecular complexity index is 638. The third-order valence-corrected chi connectivity index (χ3v) is 5.71. The van der Waals surface area contributed by atoms with Crippen molar-refractivity contribution in [2.75, 3.05) is 51.3 Å². The van der Waals surface area contributed by atoms with E-state index >= 15 is 0 Å². The molecule has 1 unspecified atom stereocenters. The minimum absolute atomic E-state index is 0.364. The molecule has 0 aliphatic carbocycles. The van der Waals surface area contributed by atoms with Crippen LogP contribution in [-0.4, -0.2) is 57.3 Å². The van der Waals surface area contributed by atoms with Crippen molar-refractivity contribution in [2.45, 2.75) is 19.4 Å². The number of guanidine groups is 1. The summed E-state index contributed by atoms with van der Waals surface area (Å²) in [7, 11) is 1.88. The molecular weight excluding hydrogens is 312 g/mol. The third-order valence-electron chi connectivity index (χ3n) is 5.71. The maximum Gasteiger partial charge on any atom is 0.193 e. The van der Waals surface area contributed by atoms with Crippen LogP contribution in [0.25, 0.3) is 0 Å². The van der Waals surface area contributed by atoms with E-state index in [1.165, 1.54) is 24.1 Å². The van der Waals surface area contributed by atoms with Crippen molar-refractivity contribution in [1.29, 1.82) is 0 Å². The lowest BCUT2D eigenvalue weighted by Gasteiger charge is -2.25. The number of hydrogen-bond donors (Lipinski definition) is 1. The lowest BCUT2D eigenvalue weighted by Crippen LogP contribution is -2.41. The first-order valence-corrected chi connectivity index (χ1v) is 9.30. The summed E-state index contributed by atoms with van der Waals surface area (Å²) in [6.07, 6.45) is 6.84. The van der Waals surface area contributed by atoms with E-state index in [-0.39, 0.29) is 0 Å². The molecule has 1 atom stereocenters. The lowest BCUT2D eigenvalue weighted by atomic mass is 9.87. The first-order chi connectivity index (χ1) is 12.3. The van der Waals surface area contributed by atoms with Crippen LogP contribution in [0.3, 0.4) is 0 Å². The number of anilines is 1. The molecule has 25 heavy (non-hydrogen) atoms. The van der Waals surface area contributed by atoms with Crippen LogP contribution in [0.4, 0.5) is 5.69 Å². The summed E-state index contributed by atoms with van der Waals surface area (Å²) in [5, 5.41) is 3.53. The van der Waals surface area contributed by atoms with Gasteiger partial charge in [0.1, 0.15) is 0 Å². The average Bonchev–Trinajstić information content (AvgIpc) is 3.40. The predicted octanol–water partition coefficient (Wildman–Crippen LogP) is 2.25. The first kappa shape index (κ1) is 16.5. The van der Waals surface area contributed by atoms with Crippen molar-refractivity contribution in [3.05, 3.63) is 42.0 Å². The van der Waals surface area contributed by atoms with Gasteiger partial charge in [0.15, 0.2) is 5.96 Å². The maximum absolute atomic E-state index is 5.63. The molecule has 0 saturated carbocycles. The summed E-state index contributed by atoms with van der Waals surface area (Å²) in [4.78, 5) is 9.25. The van der Waals surface area contributed by atoms with Crippen LogP contribution in [0.2, 0.25) is 0 Å². The van der Waals surface area contributed by atoms with Gasteiger partial charge in [0.05, 0.1) is 6.61 Å². The number of nitrogens with zero attached hydrogens (tertiary/aromatic N) is 3. The average molecular weight is 340 g/mol. The van der Waals surface area contributed by atoms with Gasteiger partial charge in [-0.25, -0.2) is 0 Å². The molecule has 0 amide bonds. The van der Waals surface area contributed by atoms with Crippen molar-refractivity contribution >= 4 is 11.6 Å². The fraction of sp³-hybridized carbons (Fsp3) is 0.550. The molecule has 2 saturated heterocycles. The molecule has 3 aliphatic heterocycles. The van der Waals surface area contributed by atoms with Crippen LogP contribution in [0.1, 0.15) is 18.4 Å². The Morgan fingerprint density at radius 3 is 2.68 bits per heavy atom. The van der Waals surface area contributed by atoms with Gasteiger partial charge in [-0.2, -0.15) is 0 Å². The molecule has 3 aliphatic rings. The number of hydrogen-bond acceptors (Lipinski definition) is 3. The molecule has 2 fully saturated rings. The normalized spacial score (nSPS) is 26.2. The Balaban J connectivity index is 1.32. The van der Waals surface area contributed by atoms with E-state index in [4.69, 9.17) is 4.74 Å². The fourth-order valence-electron chi connectivity index (χ4n) is 4.11. The highest BCUT2D eigenvalue weighted by Gasteiger charge is 2.42. The molecule has 1 N–H and O–H groups in total. The van der Waals surface area contributed by atoms with E-state index in [1.54, 1.807) is 0 Å². The summed E-state index contributed by atoms with van der Waals surface area (Å²) in [6, 6.07) is 8.86. The SMILES string of the molecule is CN=C(NCc1ccc(N2CC=CC2)cc1)N1CCC2(CCOC2)C1. The summed E-state index contributed by atoms with van der Waals surface area (Å²) in [5.74, 6) is 1.01. The zero-order valence-electron chi connectivity index (χ0n) is 15.1. The standard InChI is InChI=1S/C20H28N4O/c1-21-19(24-12-8-20(15-24)9-13-25-16-20)22-14-17-4-6-18(7-5-17)23-10-2-3-11-23/h2-7H,8-16H2,1H3,(H,21,22). The highest BCUT2D eigenvalue weighted by Crippen LogP contribution is 2.38. The van der Waals surface area contributed by atoms with E-state index in [9.17, 15) is 0 Å². The molecule has 4 rings (SSSR count). The van der Waals surface area contributed by atoms with Crippen molar-refractivity contribution in [1.82, 2.24) is 10.2 Å². The second-order valence-electron chi connectivity index (χ2n) is 7.42. The molecule has 0 aromatic heterocycles. The second-order valence-corrected chi connectivity index (χ2v) is 7.42. The fourth-order valence-corrected chi connectivity index (χ4v) is 4.11. The van der Waals surface area contributed by atoms with Crippen LogP contribution in [0.15, 0.2) is 41.4 Å². The zero-order valence-corrected chi connectivity index (χ0v) is 15.1. The molecule has 0 radical (unpaired) electrons. The number of nitrogens with one attached hydrogen (secondary N) is 1. The van der Waals surface area contributed by atoms with Gasteiger partial charge in [0.2, 0.25) is 0 Å². The smallest absolute Gasteiger partial charge is 0.193 e. The Morgan fingerprint density at radius 1 is 1.20 bits per heavy atom. The summed E-state index contributed by atoms with van der Waals surface area (Å²) in [5.41, 5.74) is 2.94. The molecule has 5 heteroatoms. The van der Waals surface area contributed by atoms with Gasteiger partial charge < -0.3 is 19.9 Å². The van der Waals surface area contributed by atoms with E-state index in [0.29, 0.717) is 5.41 Å². The quantitative estimate of drug-likeness (QED) is 0.520. The van der Waals surface area contributed by atoms with Crippen molar-refractivity contribution in [3.63, 3.8) is 0 Å². The number of ether oxygens (including phenoxy) is 1. The number of rotatable bonds is 3. The van der Waals surface area contributed by atoms with Crippen LogP contribution >= 0.6 is 0 Å². The van der Waals surface area contributed by atoms with Gasteiger partial charge >= 0.3 is 0 Å². The molecule has 5 nitrogen and oxygen atoms in total. The Morgan fingerprint density at radius 2 is 2.00 bits per heavy atom. The zero-order chi connectivity index (χ0) is 17.1. The second kappa shape index (κ2) is 7.08. The van der Waals surface area contributed by atoms with E-state index < -0.39 is 0 Å². The van der Waals surface area contributed by atoms with Gasteiger partial charge in [0, 0.05) is 57.5 Å². The van der Waals surface area contributed by atoms with Gasteiger partial charge in [-0.15, -0.1) is 0 Å². The van der Waals surface area contributed by atoms with Gasteiger partial charge in [-0.3, -0.25) is 4.99 Å². The van der Waals surface area contributed by atoms with Crippen LogP contribution in [0.5, 0.6) is 0 Å². The van der Waals surface area contributed by atoms with E-state index in [0.717, 1.165) is 51.9 Å². The van der Waals surface area contributed by atoms with Crippen LogP contribution in [0, 0.1) is 5.41 Å².